The maximum absolute atomic E-state index is 12.2. The van der Waals surface area contributed by atoms with Crippen molar-refractivity contribution >= 4 is 39.2 Å². The van der Waals surface area contributed by atoms with E-state index in [9.17, 15) is 4.79 Å². The Balaban J connectivity index is 1.60. The highest BCUT2D eigenvalue weighted by molar-refractivity contribution is 9.10. The molecule has 26 heavy (non-hydrogen) atoms. The van der Waals surface area contributed by atoms with Crippen molar-refractivity contribution in [2.24, 2.45) is 0 Å². The highest BCUT2D eigenvalue weighted by Crippen LogP contribution is 2.18. The number of aryl methyl sites for hydroxylation is 2. The van der Waals surface area contributed by atoms with Crippen molar-refractivity contribution in [3.05, 3.63) is 76.0 Å². The van der Waals surface area contributed by atoms with Crippen LogP contribution in [0.3, 0.4) is 0 Å². The third kappa shape index (κ3) is 5.13. The summed E-state index contributed by atoms with van der Waals surface area (Å²) in [4.78, 5) is 20.9. The standard InChI is InChI=1S/C20H19BrN4O/c1-13-11-14(2)23-20(22-13)25-18-9-7-17(8-10-18)24-19(26)12-15-3-5-16(21)6-4-15/h3-11H,12H2,1-2H3,(H,24,26)(H,22,23,25). The minimum absolute atomic E-state index is 0.0503. The third-order valence-corrected chi connectivity index (χ3v) is 4.21. The van der Waals surface area contributed by atoms with E-state index in [0.29, 0.717) is 12.4 Å². The molecule has 0 fully saturated rings. The van der Waals surface area contributed by atoms with Crippen molar-refractivity contribution in [3.8, 4) is 0 Å². The van der Waals surface area contributed by atoms with Crippen LogP contribution in [0.2, 0.25) is 0 Å². The van der Waals surface area contributed by atoms with E-state index in [0.717, 1.165) is 32.8 Å². The smallest absolute Gasteiger partial charge is 0.228 e. The van der Waals surface area contributed by atoms with E-state index in [4.69, 9.17) is 0 Å². The topological polar surface area (TPSA) is 66.9 Å². The summed E-state index contributed by atoms with van der Waals surface area (Å²) in [6.45, 7) is 3.87. The van der Waals surface area contributed by atoms with Gasteiger partial charge in [-0.05, 0) is 61.9 Å². The molecule has 0 spiro atoms. The number of anilines is 3. The lowest BCUT2D eigenvalue weighted by Gasteiger charge is -2.09. The van der Waals surface area contributed by atoms with Crippen molar-refractivity contribution in [1.82, 2.24) is 9.97 Å². The fraction of sp³-hybridized carbons (Fsp3) is 0.150. The maximum atomic E-state index is 12.2. The first-order valence-electron chi connectivity index (χ1n) is 8.21. The molecule has 0 unspecified atom stereocenters. The number of carbonyl (C=O) groups is 1. The minimum atomic E-state index is -0.0503. The molecule has 0 aliphatic rings. The predicted molar refractivity (Wildman–Crippen MR) is 108 cm³/mol. The highest BCUT2D eigenvalue weighted by atomic mass is 79.9. The van der Waals surface area contributed by atoms with Gasteiger partial charge in [-0.25, -0.2) is 9.97 Å². The number of nitrogens with one attached hydrogen (secondary N) is 2. The van der Waals surface area contributed by atoms with Crippen molar-refractivity contribution in [3.63, 3.8) is 0 Å². The fourth-order valence-electron chi connectivity index (χ4n) is 2.54. The molecule has 6 heteroatoms. The maximum Gasteiger partial charge on any atom is 0.228 e. The lowest BCUT2D eigenvalue weighted by molar-refractivity contribution is -0.115. The van der Waals surface area contributed by atoms with Gasteiger partial charge >= 0.3 is 0 Å². The Morgan fingerprint density at radius 3 is 2.12 bits per heavy atom. The zero-order chi connectivity index (χ0) is 18.5. The van der Waals surface area contributed by atoms with Crippen molar-refractivity contribution in [2.75, 3.05) is 10.6 Å². The first-order valence-corrected chi connectivity index (χ1v) is 9.01. The van der Waals surface area contributed by atoms with Crippen LogP contribution in [0.25, 0.3) is 0 Å². The van der Waals surface area contributed by atoms with Crippen LogP contribution in [0.5, 0.6) is 0 Å². The van der Waals surface area contributed by atoms with Gasteiger partial charge in [-0.2, -0.15) is 0 Å². The number of rotatable bonds is 5. The second-order valence-corrected chi connectivity index (χ2v) is 6.94. The molecular weight excluding hydrogens is 392 g/mol. The molecule has 0 saturated carbocycles. The normalized spacial score (nSPS) is 10.4. The molecule has 0 atom stereocenters. The number of nitrogens with zero attached hydrogens (tertiary/aromatic N) is 2. The summed E-state index contributed by atoms with van der Waals surface area (Å²) in [5.74, 6) is 0.514. The molecule has 3 aromatic rings. The van der Waals surface area contributed by atoms with Gasteiger partial charge in [0.2, 0.25) is 11.9 Å². The number of amides is 1. The fourth-order valence-corrected chi connectivity index (χ4v) is 2.81. The molecule has 2 N–H and O–H groups in total. The van der Waals surface area contributed by atoms with Crippen LogP contribution < -0.4 is 10.6 Å². The number of halogens is 1. The molecular formula is C20H19BrN4O. The lowest BCUT2D eigenvalue weighted by Crippen LogP contribution is -2.14. The van der Waals surface area contributed by atoms with Crippen LogP contribution in [0.15, 0.2) is 59.1 Å². The summed E-state index contributed by atoms with van der Waals surface area (Å²) in [6, 6.07) is 17.1. The van der Waals surface area contributed by atoms with Crippen LogP contribution in [0, 0.1) is 13.8 Å². The molecule has 132 valence electrons. The van der Waals surface area contributed by atoms with Gasteiger partial charge in [-0.15, -0.1) is 0 Å². The average molecular weight is 411 g/mol. The molecule has 0 aliphatic carbocycles. The molecule has 0 aliphatic heterocycles. The van der Waals surface area contributed by atoms with Crippen LogP contribution in [-0.2, 0) is 11.2 Å². The van der Waals surface area contributed by atoms with Gasteiger partial charge in [-0.1, -0.05) is 28.1 Å². The number of carbonyl (C=O) groups excluding carboxylic acids is 1. The zero-order valence-corrected chi connectivity index (χ0v) is 16.2. The summed E-state index contributed by atoms with van der Waals surface area (Å²) >= 11 is 3.39. The van der Waals surface area contributed by atoms with E-state index >= 15 is 0 Å². The van der Waals surface area contributed by atoms with Gasteiger partial charge in [0, 0.05) is 27.2 Å². The molecule has 1 aromatic heterocycles. The Morgan fingerprint density at radius 2 is 1.50 bits per heavy atom. The summed E-state index contributed by atoms with van der Waals surface area (Å²) in [5, 5.41) is 6.08. The first-order chi connectivity index (χ1) is 12.5. The largest absolute Gasteiger partial charge is 0.326 e. The molecule has 0 radical (unpaired) electrons. The summed E-state index contributed by atoms with van der Waals surface area (Å²) in [6.07, 6.45) is 0.337. The SMILES string of the molecule is Cc1cc(C)nc(Nc2ccc(NC(=O)Cc3ccc(Br)cc3)cc2)n1. The molecule has 3 rings (SSSR count). The second kappa shape index (κ2) is 8.10. The van der Waals surface area contributed by atoms with E-state index in [1.807, 2.05) is 68.4 Å². The number of aromatic nitrogens is 2. The van der Waals surface area contributed by atoms with Crippen molar-refractivity contribution in [2.45, 2.75) is 20.3 Å². The van der Waals surface area contributed by atoms with Gasteiger partial charge in [-0.3, -0.25) is 4.79 Å². The van der Waals surface area contributed by atoms with E-state index < -0.39 is 0 Å². The molecule has 1 heterocycles. The summed E-state index contributed by atoms with van der Waals surface area (Å²) in [5.41, 5.74) is 4.41. The van der Waals surface area contributed by atoms with Gasteiger partial charge in [0.1, 0.15) is 0 Å². The third-order valence-electron chi connectivity index (χ3n) is 3.69. The summed E-state index contributed by atoms with van der Waals surface area (Å²) < 4.78 is 0.998. The quantitative estimate of drug-likeness (QED) is 0.634. The molecule has 1 amide bonds. The van der Waals surface area contributed by atoms with E-state index in [1.54, 1.807) is 0 Å². The molecule has 0 saturated heterocycles. The van der Waals surface area contributed by atoms with Gasteiger partial charge in [0.15, 0.2) is 0 Å². The Morgan fingerprint density at radius 1 is 0.923 bits per heavy atom. The van der Waals surface area contributed by atoms with Crippen molar-refractivity contribution < 1.29 is 4.79 Å². The average Bonchev–Trinajstić information content (AvgIpc) is 2.58. The Bertz CT molecular complexity index is 888. The molecule has 2 aromatic carbocycles. The molecule has 0 bridgehead atoms. The lowest BCUT2D eigenvalue weighted by atomic mass is 10.1. The van der Waals surface area contributed by atoms with Crippen LogP contribution >= 0.6 is 15.9 Å². The van der Waals surface area contributed by atoms with Gasteiger partial charge in [0.25, 0.3) is 0 Å². The second-order valence-electron chi connectivity index (χ2n) is 6.03. The van der Waals surface area contributed by atoms with Crippen molar-refractivity contribution in [1.29, 1.82) is 0 Å². The first kappa shape index (κ1) is 18.1. The Hall–Kier alpha value is -2.73. The van der Waals surface area contributed by atoms with Gasteiger partial charge < -0.3 is 10.6 Å². The van der Waals surface area contributed by atoms with E-state index in [2.05, 4.69) is 36.5 Å². The van der Waals surface area contributed by atoms with Gasteiger partial charge in [0.05, 0.1) is 6.42 Å². The highest BCUT2D eigenvalue weighted by Gasteiger charge is 2.05. The van der Waals surface area contributed by atoms with E-state index in [-0.39, 0.29) is 5.91 Å². The molecule has 5 nitrogen and oxygen atoms in total. The van der Waals surface area contributed by atoms with Crippen LogP contribution in [-0.4, -0.2) is 15.9 Å². The number of hydrogen-bond donors (Lipinski definition) is 2. The summed E-state index contributed by atoms with van der Waals surface area (Å²) in [7, 11) is 0. The van der Waals surface area contributed by atoms with E-state index in [1.165, 1.54) is 0 Å². The number of hydrogen-bond acceptors (Lipinski definition) is 4. The monoisotopic (exact) mass is 410 g/mol. The Kier molecular flexibility index (Phi) is 5.63. The Labute approximate surface area is 161 Å². The van der Waals surface area contributed by atoms with Crippen LogP contribution in [0.4, 0.5) is 17.3 Å². The zero-order valence-electron chi connectivity index (χ0n) is 14.6. The van der Waals surface area contributed by atoms with Crippen LogP contribution in [0.1, 0.15) is 17.0 Å². The number of benzene rings is 2. The minimum Gasteiger partial charge on any atom is -0.326 e. The predicted octanol–water partition coefficient (Wildman–Crippen LogP) is 4.78.